The molecule has 0 atom stereocenters. The second kappa shape index (κ2) is 5.64. The number of benzene rings is 1. The van der Waals surface area contributed by atoms with Crippen molar-refractivity contribution in [1.82, 2.24) is 9.97 Å². The molecule has 0 aliphatic carbocycles. The molecule has 0 bridgehead atoms. The zero-order chi connectivity index (χ0) is 13.8. The van der Waals surface area contributed by atoms with Gasteiger partial charge in [0, 0.05) is 0 Å². The van der Waals surface area contributed by atoms with Crippen LogP contribution in [0.1, 0.15) is 16.1 Å². The summed E-state index contributed by atoms with van der Waals surface area (Å²) < 4.78 is 0. The molecule has 1 heterocycles. The predicted molar refractivity (Wildman–Crippen MR) is 74.0 cm³/mol. The third-order valence-corrected chi connectivity index (χ3v) is 2.71. The van der Waals surface area contributed by atoms with Crippen molar-refractivity contribution in [2.24, 2.45) is 5.84 Å². The van der Waals surface area contributed by atoms with Crippen LogP contribution in [0.4, 0.5) is 11.5 Å². The molecule has 0 radical (unpaired) electrons. The molecule has 0 unspecified atom stereocenters. The summed E-state index contributed by atoms with van der Waals surface area (Å²) in [6.07, 6.45) is 2.76. The average Bonchev–Trinajstić information content (AvgIpc) is 2.43. The minimum absolute atomic E-state index is 0.146. The number of nitrogens with one attached hydrogen (secondary N) is 2. The number of carbonyl (C=O) groups excluding carboxylic acids is 1. The Morgan fingerprint density at radius 2 is 2.16 bits per heavy atom. The Labute approximate surface area is 115 Å². The molecule has 1 aromatic heterocycles. The van der Waals surface area contributed by atoms with Gasteiger partial charge < -0.3 is 10.7 Å². The van der Waals surface area contributed by atoms with Crippen molar-refractivity contribution in [3.8, 4) is 0 Å². The highest BCUT2D eigenvalue weighted by Gasteiger charge is 2.11. The van der Waals surface area contributed by atoms with E-state index in [0.717, 1.165) is 5.56 Å². The second-order valence-corrected chi connectivity index (χ2v) is 4.28. The Hall–Kier alpha value is -2.18. The topological polar surface area (TPSA) is 92.9 Å². The van der Waals surface area contributed by atoms with Gasteiger partial charge in [-0.3, -0.25) is 9.78 Å². The lowest BCUT2D eigenvalue weighted by Crippen LogP contribution is -2.17. The number of aromatic nitrogens is 2. The molecular formula is C12H12ClN5O. The van der Waals surface area contributed by atoms with Crippen molar-refractivity contribution in [2.45, 2.75) is 6.92 Å². The van der Waals surface area contributed by atoms with E-state index < -0.39 is 5.91 Å². The SMILES string of the molecule is Cc1ccc(Cl)c(NC(=O)c2cncc(NN)n2)c1. The number of hydrogen-bond acceptors (Lipinski definition) is 5. The summed E-state index contributed by atoms with van der Waals surface area (Å²) in [7, 11) is 0. The van der Waals surface area contributed by atoms with Gasteiger partial charge in [-0.1, -0.05) is 17.7 Å². The number of carbonyl (C=O) groups is 1. The highest BCUT2D eigenvalue weighted by Crippen LogP contribution is 2.23. The van der Waals surface area contributed by atoms with Gasteiger partial charge in [0.2, 0.25) is 0 Å². The van der Waals surface area contributed by atoms with E-state index >= 15 is 0 Å². The van der Waals surface area contributed by atoms with Crippen molar-refractivity contribution < 1.29 is 4.79 Å². The molecule has 0 spiro atoms. The molecule has 98 valence electrons. The molecule has 1 amide bonds. The van der Waals surface area contributed by atoms with E-state index in [1.165, 1.54) is 12.4 Å². The molecule has 4 N–H and O–H groups in total. The van der Waals surface area contributed by atoms with Gasteiger partial charge in [0.15, 0.2) is 5.82 Å². The van der Waals surface area contributed by atoms with Crippen LogP contribution in [0.15, 0.2) is 30.6 Å². The second-order valence-electron chi connectivity index (χ2n) is 3.87. The van der Waals surface area contributed by atoms with Gasteiger partial charge in [-0.05, 0) is 24.6 Å². The van der Waals surface area contributed by atoms with Crippen molar-refractivity contribution in [1.29, 1.82) is 0 Å². The summed E-state index contributed by atoms with van der Waals surface area (Å²) in [5.41, 5.74) is 3.99. The zero-order valence-electron chi connectivity index (χ0n) is 10.1. The van der Waals surface area contributed by atoms with Gasteiger partial charge in [0.25, 0.3) is 5.91 Å². The van der Waals surface area contributed by atoms with E-state index in [9.17, 15) is 4.79 Å². The summed E-state index contributed by atoms with van der Waals surface area (Å²) in [4.78, 5) is 19.8. The summed E-state index contributed by atoms with van der Waals surface area (Å²) in [6, 6.07) is 5.35. The quantitative estimate of drug-likeness (QED) is 0.589. The summed E-state index contributed by atoms with van der Waals surface area (Å²) in [5, 5.41) is 3.14. The highest BCUT2D eigenvalue weighted by molar-refractivity contribution is 6.33. The Morgan fingerprint density at radius 3 is 2.89 bits per heavy atom. The van der Waals surface area contributed by atoms with Crippen molar-refractivity contribution in [3.63, 3.8) is 0 Å². The highest BCUT2D eigenvalue weighted by atomic mass is 35.5. The third-order valence-electron chi connectivity index (χ3n) is 2.39. The van der Waals surface area contributed by atoms with Crippen molar-refractivity contribution in [2.75, 3.05) is 10.7 Å². The smallest absolute Gasteiger partial charge is 0.275 e. The Morgan fingerprint density at radius 1 is 1.37 bits per heavy atom. The van der Waals surface area contributed by atoms with Crippen LogP contribution in [0.2, 0.25) is 5.02 Å². The fraction of sp³-hybridized carbons (Fsp3) is 0.0833. The number of halogens is 1. The standard InChI is InChI=1S/C12H12ClN5O/c1-7-2-3-8(13)9(4-7)17-12(19)10-5-15-6-11(16-10)18-14/h2-6H,14H2,1H3,(H,16,18)(H,17,19). The number of aryl methyl sites for hydroxylation is 1. The number of hydrogen-bond donors (Lipinski definition) is 3. The molecule has 19 heavy (non-hydrogen) atoms. The summed E-state index contributed by atoms with van der Waals surface area (Å²) in [6.45, 7) is 1.91. The van der Waals surface area contributed by atoms with Crippen LogP contribution in [0.3, 0.4) is 0 Å². The first-order valence-corrected chi connectivity index (χ1v) is 5.84. The molecule has 0 fully saturated rings. The van der Waals surface area contributed by atoms with Gasteiger partial charge in [-0.15, -0.1) is 0 Å². The van der Waals surface area contributed by atoms with Crippen LogP contribution >= 0.6 is 11.6 Å². The number of rotatable bonds is 3. The largest absolute Gasteiger partial charge is 0.319 e. The first-order chi connectivity index (χ1) is 9.10. The lowest BCUT2D eigenvalue weighted by molar-refractivity contribution is 0.102. The third kappa shape index (κ3) is 3.18. The molecule has 2 aromatic rings. The molecular weight excluding hydrogens is 266 g/mol. The van der Waals surface area contributed by atoms with Crippen LogP contribution in [0, 0.1) is 6.92 Å². The van der Waals surface area contributed by atoms with Gasteiger partial charge >= 0.3 is 0 Å². The molecule has 0 saturated carbocycles. The Kier molecular flexibility index (Phi) is 3.94. The molecule has 1 aromatic carbocycles. The van der Waals surface area contributed by atoms with E-state index in [0.29, 0.717) is 16.5 Å². The van der Waals surface area contributed by atoms with E-state index in [2.05, 4.69) is 20.7 Å². The molecule has 7 heteroatoms. The number of nitrogen functional groups attached to an aromatic ring is 1. The Bertz CT molecular complexity index is 617. The van der Waals surface area contributed by atoms with Crippen LogP contribution < -0.4 is 16.6 Å². The fourth-order valence-corrected chi connectivity index (χ4v) is 1.63. The fourth-order valence-electron chi connectivity index (χ4n) is 1.47. The van der Waals surface area contributed by atoms with Crippen LogP contribution in [0.5, 0.6) is 0 Å². The van der Waals surface area contributed by atoms with Gasteiger partial charge in [0.1, 0.15) is 5.69 Å². The van der Waals surface area contributed by atoms with E-state index in [4.69, 9.17) is 17.4 Å². The number of nitrogens with zero attached hydrogens (tertiary/aromatic N) is 2. The molecule has 2 rings (SSSR count). The average molecular weight is 278 g/mol. The monoisotopic (exact) mass is 277 g/mol. The maximum atomic E-state index is 12.0. The van der Waals surface area contributed by atoms with Gasteiger partial charge in [0.05, 0.1) is 23.1 Å². The number of amides is 1. The van der Waals surface area contributed by atoms with Crippen LogP contribution in [0.25, 0.3) is 0 Å². The molecule has 0 aliphatic heterocycles. The first-order valence-electron chi connectivity index (χ1n) is 5.46. The molecule has 6 nitrogen and oxygen atoms in total. The van der Waals surface area contributed by atoms with E-state index in [1.54, 1.807) is 12.1 Å². The lowest BCUT2D eigenvalue weighted by Gasteiger charge is -2.08. The summed E-state index contributed by atoms with van der Waals surface area (Å²) >= 11 is 6.00. The minimum atomic E-state index is -0.405. The normalized spacial score (nSPS) is 10.1. The number of nitrogens with two attached hydrogens (primary N) is 1. The van der Waals surface area contributed by atoms with Crippen LogP contribution in [-0.4, -0.2) is 15.9 Å². The minimum Gasteiger partial charge on any atom is -0.319 e. The van der Waals surface area contributed by atoms with Crippen molar-refractivity contribution in [3.05, 3.63) is 46.9 Å². The summed E-state index contributed by atoms with van der Waals surface area (Å²) in [5.74, 6) is 5.11. The maximum Gasteiger partial charge on any atom is 0.275 e. The maximum absolute atomic E-state index is 12.0. The molecule has 0 aliphatic rings. The zero-order valence-corrected chi connectivity index (χ0v) is 10.9. The first kappa shape index (κ1) is 13.3. The molecule has 0 saturated heterocycles. The lowest BCUT2D eigenvalue weighted by atomic mass is 10.2. The van der Waals surface area contributed by atoms with Gasteiger partial charge in [-0.25, -0.2) is 10.8 Å². The van der Waals surface area contributed by atoms with E-state index in [1.807, 2.05) is 13.0 Å². The number of hydrazine groups is 1. The Balaban J connectivity index is 2.22. The van der Waals surface area contributed by atoms with Crippen molar-refractivity contribution >= 4 is 29.0 Å². The predicted octanol–water partition coefficient (Wildman–Crippen LogP) is 1.98. The van der Waals surface area contributed by atoms with E-state index in [-0.39, 0.29) is 5.69 Å². The van der Waals surface area contributed by atoms with Crippen LogP contribution in [-0.2, 0) is 0 Å². The van der Waals surface area contributed by atoms with Gasteiger partial charge in [-0.2, -0.15) is 0 Å². The number of anilines is 2.